The number of rotatable bonds is 5. The van der Waals surface area contributed by atoms with E-state index in [1.54, 1.807) is 17.0 Å². The number of amides is 2. The average Bonchev–Trinajstić information content (AvgIpc) is 3.32. The molecule has 2 amide bonds. The van der Waals surface area contributed by atoms with Gasteiger partial charge in [0, 0.05) is 21.7 Å². The number of fused-ring (bicyclic) bond motifs is 2. The molecule has 37 heavy (non-hydrogen) atoms. The second-order valence-corrected chi connectivity index (χ2v) is 10.7. The van der Waals surface area contributed by atoms with E-state index in [0.717, 1.165) is 16.8 Å². The molecule has 0 aromatic heterocycles. The summed E-state index contributed by atoms with van der Waals surface area (Å²) >= 11 is 6.19. The smallest absolute Gasteiger partial charge is 0.414 e. The summed E-state index contributed by atoms with van der Waals surface area (Å²) < 4.78 is 5.09. The lowest BCUT2D eigenvalue weighted by Gasteiger charge is -2.28. The molecule has 7 nitrogen and oxygen atoms in total. The highest BCUT2D eigenvalue weighted by molar-refractivity contribution is 6.30. The summed E-state index contributed by atoms with van der Waals surface area (Å²) in [7, 11) is 0. The average molecular weight is 519 g/mol. The molecule has 190 valence electrons. The maximum atomic E-state index is 14.6. The Balaban J connectivity index is 1.52. The molecule has 8 heteroatoms. The van der Waals surface area contributed by atoms with E-state index in [2.05, 4.69) is 13.8 Å². The highest BCUT2D eigenvalue weighted by Crippen LogP contribution is 2.73. The number of cyclic esters (lactones) is 1. The highest BCUT2D eigenvalue weighted by Gasteiger charge is 2.77. The Morgan fingerprint density at radius 2 is 1.68 bits per heavy atom. The molecular formula is C29H27ClN2O5. The lowest BCUT2D eigenvalue weighted by molar-refractivity contribution is -0.120. The van der Waals surface area contributed by atoms with E-state index in [-0.39, 0.29) is 24.0 Å². The van der Waals surface area contributed by atoms with Crippen LogP contribution in [-0.2, 0) is 20.4 Å². The summed E-state index contributed by atoms with van der Waals surface area (Å²) in [6, 6.07) is 20.4. The summed E-state index contributed by atoms with van der Waals surface area (Å²) in [4.78, 5) is 29.9. The van der Waals surface area contributed by atoms with Crippen LogP contribution in [0.3, 0.4) is 0 Å². The van der Waals surface area contributed by atoms with Crippen molar-refractivity contribution in [2.24, 2.45) is 5.92 Å². The molecule has 3 aromatic rings. The molecule has 1 spiro atoms. The van der Waals surface area contributed by atoms with Crippen LogP contribution in [0.15, 0.2) is 66.7 Å². The van der Waals surface area contributed by atoms with E-state index >= 15 is 0 Å². The number of nitrogens with zero attached hydrogens (tertiary/aromatic N) is 2. The molecule has 0 bridgehead atoms. The number of para-hydroxylation sites is 1. The molecule has 0 unspecified atom stereocenters. The minimum absolute atomic E-state index is 0.0723. The van der Waals surface area contributed by atoms with Gasteiger partial charge in [-0.15, -0.1) is 0 Å². The largest absolute Gasteiger partial charge is 0.447 e. The number of aliphatic hydroxyl groups is 2. The van der Waals surface area contributed by atoms with Crippen LogP contribution in [-0.4, -0.2) is 35.4 Å². The third-order valence-corrected chi connectivity index (χ3v) is 8.50. The summed E-state index contributed by atoms with van der Waals surface area (Å²) in [5, 5.41) is 20.7. The maximum absolute atomic E-state index is 14.6. The van der Waals surface area contributed by atoms with Gasteiger partial charge in [0.2, 0.25) is 5.91 Å². The van der Waals surface area contributed by atoms with Crippen LogP contribution in [0, 0.1) is 5.92 Å². The number of halogens is 1. The van der Waals surface area contributed by atoms with Gasteiger partial charge in [0.1, 0.15) is 6.61 Å². The van der Waals surface area contributed by atoms with Crippen molar-refractivity contribution in [2.45, 2.75) is 37.4 Å². The molecule has 2 atom stereocenters. The molecule has 0 radical (unpaired) electrons. The first-order chi connectivity index (χ1) is 17.7. The molecule has 1 aliphatic carbocycles. The summed E-state index contributed by atoms with van der Waals surface area (Å²) in [6.45, 7) is 4.86. The molecule has 2 heterocycles. The SMILES string of the molecule is CC(C)[C@@]1(c2ccc(Cl)cc2)C[C@@]12C(=O)N(c1cc(C(O)O)cc(N3CCOC3=O)c1)c1ccccc12. The minimum atomic E-state index is -1.77. The Bertz CT molecular complexity index is 1420. The number of carbonyl (C=O) groups is 2. The predicted octanol–water partition coefficient (Wildman–Crippen LogP) is 5.19. The fraction of sp³-hybridized carbons (Fsp3) is 0.310. The van der Waals surface area contributed by atoms with Crippen molar-refractivity contribution in [3.63, 3.8) is 0 Å². The normalized spacial score (nSPS) is 24.4. The predicted molar refractivity (Wildman–Crippen MR) is 140 cm³/mol. The van der Waals surface area contributed by atoms with Crippen molar-refractivity contribution in [1.29, 1.82) is 0 Å². The standard InChI is InChI=1S/C29H27ClN2O5/c1-17(2)28(19-7-9-20(30)10-8-19)16-29(28)23-5-3-4-6-24(23)32(26(29)35)22-14-18(25(33)34)13-21(15-22)31-11-12-37-27(31)36/h3-10,13-15,17,25,33-34H,11-12,16H2,1-2H3/t28-,29-/m1/s1. The second-order valence-electron chi connectivity index (χ2n) is 10.3. The van der Waals surface area contributed by atoms with Gasteiger partial charge in [-0.05, 0) is 59.9 Å². The molecule has 2 fully saturated rings. The van der Waals surface area contributed by atoms with Gasteiger partial charge < -0.3 is 14.9 Å². The van der Waals surface area contributed by atoms with Crippen molar-refractivity contribution in [2.75, 3.05) is 23.0 Å². The Kier molecular flexibility index (Phi) is 5.39. The first-order valence-corrected chi connectivity index (χ1v) is 12.7. The maximum Gasteiger partial charge on any atom is 0.414 e. The summed E-state index contributed by atoms with van der Waals surface area (Å²) in [6.07, 6.45) is -1.63. The first-order valence-electron chi connectivity index (χ1n) is 12.4. The van der Waals surface area contributed by atoms with E-state index in [0.29, 0.717) is 29.4 Å². The highest BCUT2D eigenvalue weighted by atomic mass is 35.5. The molecular weight excluding hydrogens is 492 g/mol. The molecule has 1 saturated carbocycles. The number of carbonyl (C=O) groups excluding carboxylic acids is 2. The fourth-order valence-corrected chi connectivity index (χ4v) is 6.61. The van der Waals surface area contributed by atoms with Crippen molar-refractivity contribution in [3.8, 4) is 0 Å². The minimum Gasteiger partial charge on any atom is -0.447 e. The number of benzene rings is 3. The molecule has 3 aromatic carbocycles. The second kappa shape index (κ2) is 8.31. The zero-order chi connectivity index (χ0) is 26.1. The molecule has 2 N–H and O–H groups in total. The van der Waals surface area contributed by atoms with E-state index in [1.807, 2.05) is 48.5 Å². The fourth-order valence-electron chi connectivity index (χ4n) is 6.48. The van der Waals surface area contributed by atoms with E-state index in [1.165, 1.54) is 11.0 Å². The van der Waals surface area contributed by atoms with Gasteiger partial charge in [-0.1, -0.05) is 55.8 Å². The lowest BCUT2D eigenvalue weighted by atomic mass is 9.75. The van der Waals surface area contributed by atoms with Crippen LogP contribution < -0.4 is 9.80 Å². The molecule has 3 aliphatic rings. The molecule has 2 aliphatic heterocycles. The molecule has 6 rings (SSSR count). The first kappa shape index (κ1) is 24.0. The van der Waals surface area contributed by atoms with E-state index in [4.69, 9.17) is 16.3 Å². The lowest BCUT2D eigenvalue weighted by Crippen LogP contribution is -2.36. The van der Waals surface area contributed by atoms with Crippen LogP contribution >= 0.6 is 11.6 Å². The summed E-state index contributed by atoms with van der Waals surface area (Å²) in [5.74, 6) is 0.0861. The van der Waals surface area contributed by atoms with Crippen molar-refractivity contribution in [1.82, 2.24) is 0 Å². The summed E-state index contributed by atoms with van der Waals surface area (Å²) in [5.41, 5.74) is 2.66. The van der Waals surface area contributed by atoms with E-state index in [9.17, 15) is 19.8 Å². The van der Waals surface area contributed by atoms with Crippen LogP contribution in [0.5, 0.6) is 0 Å². The number of aliphatic hydroxyl groups excluding tert-OH is 1. The zero-order valence-corrected chi connectivity index (χ0v) is 21.3. The topological polar surface area (TPSA) is 90.3 Å². The third kappa shape index (κ3) is 3.27. The van der Waals surface area contributed by atoms with Crippen molar-refractivity contribution < 1.29 is 24.5 Å². The van der Waals surface area contributed by atoms with Gasteiger partial charge in [-0.25, -0.2) is 4.79 Å². The van der Waals surface area contributed by atoms with Crippen molar-refractivity contribution in [3.05, 3.63) is 88.4 Å². The monoisotopic (exact) mass is 518 g/mol. The Hall–Kier alpha value is -3.39. The van der Waals surface area contributed by atoms with Gasteiger partial charge >= 0.3 is 6.09 Å². The number of anilines is 3. The van der Waals surface area contributed by atoms with Crippen molar-refractivity contribution >= 4 is 40.7 Å². The number of hydrogen-bond acceptors (Lipinski definition) is 5. The Labute approximate surface area is 219 Å². The quantitative estimate of drug-likeness (QED) is 0.453. The van der Waals surface area contributed by atoms with Crippen LogP contribution in [0.25, 0.3) is 0 Å². The van der Waals surface area contributed by atoms with Gasteiger partial charge in [-0.2, -0.15) is 0 Å². The molecule has 1 saturated heterocycles. The van der Waals surface area contributed by atoms with Gasteiger partial charge in [0.05, 0.1) is 23.3 Å². The van der Waals surface area contributed by atoms with Gasteiger partial charge in [0.15, 0.2) is 6.29 Å². The van der Waals surface area contributed by atoms with Crippen LogP contribution in [0.2, 0.25) is 5.02 Å². The van der Waals surface area contributed by atoms with Gasteiger partial charge in [-0.3, -0.25) is 14.6 Å². The third-order valence-electron chi connectivity index (χ3n) is 8.25. The van der Waals surface area contributed by atoms with Gasteiger partial charge in [0.25, 0.3) is 0 Å². The van der Waals surface area contributed by atoms with Crippen LogP contribution in [0.1, 0.15) is 43.2 Å². The zero-order valence-electron chi connectivity index (χ0n) is 20.5. The van der Waals surface area contributed by atoms with E-state index < -0.39 is 23.2 Å². The number of hydrogen-bond donors (Lipinski definition) is 2. The Morgan fingerprint density at radius 3 is 2.32 bits per heavy atom. The Morgan fingerprint density at radius 1 is 0.973 bits per heavy atom. The van der Waals surface area contributed by atoms with Crippen LogP contribution in [0.4, 0.5) is 21.9 Å². The number of ether oxygens (including phenoxy) is 1.